The summed E-state index contributed by atoms with van der Waals surface area (Å²) in [5, 5.41) is 3.13. The molecule has 0 saturated carbocycles. The van der Waals surface area contributed by atoms with E-state index in [4.69, 9.17) is 5.73 Å². The number of anilines is 1. The van der Waals surface area contributed by atoms with Crippen LogP contribution >= 0.6 is 0 Å². The summed E-state index contributed by atoms with van der Waals surface area (Å²) < 4.78 is 4.28. The van der Waals surface area contributed by atoms with Crippen molar-refractivity contribution >= 4 is 17.1 Å². The fraction of sp³-hybridized carbons (Fsp3) is 0.583. The Hall–Kier alpha value is -2.09. The third-order valence-corrected chi connectivity index (χ3v) is 3.34. The predicted molar refractivity (Wildman–Crippen MR) is 78.1 cm³/mol. The highest BCUT2D eigenvalue weighted by atomic mass is 16.2. The van der Waals surface area contributed by atoms with Crippen molar-refractivity contribution in [3.05, 3.63) is 20.8 Å². The molecule has 0 atom stereocenters. The third-order valence-electron chi connectivity index (χ3n) is 3.34. The van der Waals surface area contributed by atoms with E-state index in [0.29, 0.717) is 36.7 Å². The monoisotopic (exact) mass is 280 g/mol. The minimum Gasteiger partial charge on any atom is -0.356 e. The molecule has 0 aromatic carbocycles. The van der Waals surface area contributed by atoms with Crippen molar-refractivity contribution in [3.8, 4) is 0 Å². The maximum Gasteiger partial charge on any atom is 0.332 e. The zero-order valence-corrected chi connectivity index (χ0v) is 12.0. The molecule has 110 valence electrons. The lowest BCUT2D eigenvalue weighted by atomic mass is 10.4. The Labute approximate surface area is 115 Å². The van der Waals surface area contributed by atoms with Gasteiger partial charge in [0, 0.05) is 27.2 Å². The molecular weight excluding hydrogens is 260 g/mol. The largest absolute Gasteiger partial charge is 0.356 e. The van der Waals surface area contributed by atoms with Gasteiger partial charge in [-0.1, -0.05) is 0 Å². The van der Waals surface area contributed by atoms with Gasteiger partial charge in [0.25, 0.3) is 5.56 Å². The summed E-state index contributed by atoms with van der Waals surface area (Å²) in [5.74, 6) is 0.568. The van der Waals surface area contributed by atoms with Crippen LogP contribution in [0.4, 0.5) is 5.95 Å². The summed E-state index contributed by atoms with van der Waals surface area (Å²) >= 11 is 0. The number of aryl methyl sites for hydroxylation is 2. The summed E-state index contributed by atoms with van der Waals surface area (Å²) in [7, 11) is 3.23. The van der Waals surface area contributed by atoms with E-state index in [1.54, 1.807) is 11.6 Å². The van der Waals surface area contributed by atoms with Gasteiger partial charge in [-0.2, -0.15) is 4.98 Å². The molecule has 0 spiro atoms. The van der Waals surface area contributed by atoms with Gasteiger partial charge in [-0.25, -0.2) is 4.79 Å². The van der Waals surface area contributed by atoms with Crippen LogP contribution in [0.1, 0.15) is 13.3 Å². The Balaban J connectivity index is 2.67. The molecule has 3 N–H and O–H groups in total. The molecule has 0 aliphatic carbocycles. The van der Waals surface area contributed by atoms with Crippen molar-refractivity contribution < 1.29 is 0 Å². The van der Waals surface area contributed by atoms with Crippen molar-refractivity contribution in [1.82, 2.24) is 18.7 Å². The Morgan fingerprint density at radius 3 is 2.55 bits per heavy atom. The van der Waals surface area contributed by atoms with E-state index in [2.05, 4.69) is 10.3 Å². The Morgan fingerprint density at radius 2 is 1.95 bits per heavy atom. The van der Waals surface area contributed by atoms with Crippen LogP contribution in [0.15, 0.2) is 9.59 Å². The van der Waals surface area contributed by atoms with Crippen molar-refractivity contribution in [2.75, 3.05) is 18.4 Å². The molecule has 0 unspecified atom stereocenters. The lowest BCUT2D eigenvalue weighted by Gasteiger charge is -2.06. The van der Waals surface area contributed by atoms with Gasteiger partial charge >= 0.3 is 5.69 Å². The fourth-order valence-electron chi connectivity index (χ4n) is 2.17. The first kappa shape index (κ1) is 14.3. The second-order valence-corrected chi connectivity index (χ2v) is 4.63. The number of aromatic nitrogens is 4. The number of rotatable bonds is 5. The van der Waals surface area contributed by atoms with Crippen LogP contribution in [0.5, 0.6) is 0 Å². The summed E-state index contributed by atoms with van der Waals surface area (Å²) in [6, 6.07) is 0. The minimum atomic E-state index is -0.350. The average molecular weight is 280 g/mol. The Morgan fingerprint density at radius 1 is 1.25 bits per heavy atom. The normalized spacial score (nSPS) is 11.2. The quantitative estimate of drug-likeness (QED) is 0.699. The van der Waals surface area contributed by atoms with E-state index in [1.165, 1.54) is 11.6 Å². The Bertz CT molecular complexity index is 739. The van der Waals surface area contributed by atoms with E-state index in [9.17, 15) is 9.59 Å². The fourth-order valence-corrected chi connectivity index (χ4v) is 2.17. The molecule has 0 amide bonds. The van der Waals surface area contributed by atoms with Crippen LogP contribution in [-0.4, -0.2) is 31.8 Å². The van der Waals surface area contributed by atoms with Crippen molar-refractivity contribution in [1.29, 1.82) is 0 Å². The number of nitrogens with zero attached hydrogens (tertiary/aromatic N) is 4. The standard InChI is InChI=1S/C12H20N6O2/c1-4-18-9-8(10(19)17(3)12(18)20)16(2)11(15-9)14-7-5-6-13/h4-7,13H2,1-3H3,(H,14,15). The summed E-state index contributed by atoms with van der Waals surface area (Å²) in [6.07, 6.45) is 0.807. The molecule has 2 aromatic heterocycles. The molecule has 8 heteroatoms. The van der Waals surface area contributed by atoms with Crippen molar-refractivity contribution in [2.45, 2.75) is 19.9 Å². The predicted octanol–water partition coefficient (Wildman–Crippen LogP) is -0.786. The highest BCUT2D eigenvalue weighted by molar-refractivity contribution is 5.74. The lowest BCUT2D eigenvalue weighted by Crippen LogP contribution is -2.38. The minimum absolute atomic E-state index is 0.337. The van der Waals surface area contributed by atoms with Crippen molar-refractivity contribution in [3.63, 3.8) is 0 Å². The van der Waals surface area contributed by atoms with Gasteiger partial charge < -0.3 is 15.6 Å². The van der Waals surface area contributed by atoms with Gasteiger partial charge in [0.2, 0.25) is 5.95 Å². The average Bonchev–Trinajstić information content (AvgIpc) is 2.75. The van der Waals surface area contributed by atoms with E-state index >= 15 is 0 Å². The van der Waals surface area contributed by atoms with Gasteiger partial charge in [0.1, 0.15) is 0 Å². The number of fused-ring (bicyclic) bond motifs is 1. The van der Waals surface area contributed by atoms with Crippen LogP contribution in [0.3, 0.4) is 0 Å². The van der Waals surface area contributed by atoms with E-state index in [-0.39, 0.29) is 11.2 Å². The molecule has 20 heavy (non-hydrogen) atoms. The van der Waals surface area contributed by atoms with E-state index in [1.807, 2.05) is 6.92 Å². The first-order chi connectivity index (χ1) is 9.52. The van der Waals surface area contributed by atoms with Gasteiger partial charge in [-0.15, -0.1) is 0 Å². The number of imidazole rings is 1. The molecule has 0 aliphatic rings. The number of nitrogens with one attached hydrogen (secondary N) is 1. The molecule has 2 aromatic rings. The van der Waals surface area contributed by atoms with Crippen LogP contribution in [0, 0.1) is 0 Å². The summed E-state index contributed by atoms with van der Waals surface area (Å²) in [4.78, 5) is 28.7. The topological polar surface area (TPSA) is 99.9 Å². The van der Waals surface area contributed by atoms with Gasteiger partial charge in [-0.3, -0.25) is 13.9 Å². The summed E-state index contributed by atoms with van der Waals surface area (Å²) in [5.41, 5.74) is 5.60. The first-order valence-electron chi connectivity index (χ1n) is 6.63. The molecule has 0 bridgehead atoms. The molecule has 2 heterocycles. The second kappa shape index (κ2) is 5.49. The van der Waals surface area contributed by atoms with Crippen LogP contribution in [0.25, 0.3) is 11.2 Å². The molecular formula is C12H20N6O2. The zero-order valence-electron chi connectivity index (χ0n) is 12.0. The molecule has 2 rings (SSSR count). The van der Waals surface area contributed by atoms with Crippen LogP contribution < -0.4 is 22.3 Å². The molecule has 0 radical (unpaired) electrons. The number of nitrogens with two attached hydrogens (primary N) is 1. The number of hydrogen-bond acceptors (Lipinski definition) is 5. The maximum atomic E-state index is 12.2. The van der Waals surface area contributed by atoms with Crippen molar-refractivity contribution in [2.24, 2.45) is 19.8 Å². The summed E-state index contributed by atoms with van der Waals surface area (Å²) in [6.45, 7) is 3.56. The maximum absolute atomic E-state index is 12.2. The molecule has 0 aliphatic heterocycles. The van der Waals surface area contributed by atoms with E-state index in [0.717, 1.165) is 11.0 Å². The van der Waals surface area contributed by atoms with E-state index < -0.39 is 0 Å². The smallest absolute Gasteiger partial charge is 0.332 e. The first-order valence-corrected chi connectivity index (χ1v) is 6.63. The SMILES string of the molecule is CCn1c(=O)n(C)c(=O)c2c1nc(NCCCN)n2C. The van der Waals surface area contributed by atoms with Gasteiger partial charge in [0.05, 0.1) is 0 Å². The van der Waals surface area contributed by atoms with Gasteiger partial charge in [0.15, 0.2) is 11.2 Å². The zero-order chi connectivity index (χ0) is 14.9. The highest BCUT2D eigenvalue weighted by Crippen LogP contribution is 2.13. The van der Waals surface area contributed by atoms with Crippen LogP contribution in [0.2, 0.25) is 0 Å². The second-order valence-electron chi connectivity index (χ2n) is 4.63. The molecule has 8 nitrogen and oxygen atoms in total. The lowest BCUT2D eigenvalue weighted by molar-refractivity contribution is 0.651. The molecule has 0 saturated heterocycles. The Kier molecular flexibility index (Phi) is 3.93. The van der Waals surface area contributed by atoms with Gasteiger partial charge in [-0.05, 0) is 19.9 Å². The highest BCUT2D eigenvalue weighted by Gasteiger charge is 2.17. The van der Waals surface area contributed by atoms with Crippen LogP contribution in [-0.2, 0) is 20.6 Å². The molecule has 0 fully saturated rings. The third kappa shape index (κ3) is 2.11. The number of hydrogen-bond donors (Lipinski definition) is 2.